The molecule has 138 valence electrons. The summed E-state index contributed by atoms with van der Waals surface area (Å²) in [6.45, 7) is 0. The Bertz CT molecular complexity index is 990. The maximum atomic E-state index is 12.4. The van der Waals surface area contributed by atoms with Crippen LogP contribution in [-0.2, 0) is 0 Å². The smallest absolute Gasteiger partial charge is 0.277 e. The van der Waals surface area contributed by atoms with E-state index in [0.29, 0.717) is 26.6 Å². The van der Waals surface area contributed by atoms with Crippen LogP contribution in [-0.4, -0.2) is 34.1 Å². The molecule has 3 rings (SSSR count). The number of nitrogens with one attached hydrogen (secondary N) is 3. The third kappa shape index (κ3) is 4.26. The summed E-state index contributed by atoms with van der Waals surface area (Å²) in [6.07, 6.45) is 1.46. The molecule has 0 spiro atoms. The van der Waals surface area contributed by atoms with Crippen molar-refractivity contribution in [2.24, 2.45) is 0 Å². The number of pyridine rings is 1. The molecule has 0 unspecified atom stereocenters. The second kappa shape index (κ2) is 8.19. The molecule has 0 fully saturated rings. The van der Waals surface area contributed by atoms with E-state index >= 15 is 0 Å². The van der Waals surface area contributed by atoms with Crippen molar-refractivity contribution in [2.45, 2.75) is 0 Å². The predicted octanol–water partition coefficient (Wildman–Crippen LogP) is 3.73. The molecular weight excluding hydrogens is 438 g/mol. The Kier molecular flexibility index (Phi) is 5.72. The number of aromatic nitrogens is 3. The molecular formula is C17H13BrClN5O3. The Morgan fingerprint density at radius 3 is 2.59 bits per heavy atom. The van der Waals surface area contributed by atoms with Gasteiger partial charge in [-0.25, -0.2) is 4.98 Å². The van der Waals surface area contributed by atoms with Crippen molar-refractivity contribution in [1.29, 1.82) is 0 Å². The lowest BCUT2D eigenvalue weighted by Crippen LogP contribution is -2.14. The molecule has 0 aliphatic rings. The van der Waals surface area contributed by atoms with Gasteiger partial charge in [0.25, 0.3) is 11.8 Å². The summed E-state index contributed by atoms with van der Waals surface area (Å²) in [5.41, 5.74) is 0.841. The fourth-order valence-corrected chi connectivity index (χ4v) is 2.83. The third-order valence-electron chi connectivity index (χ3n) is 3.48. The number of benzene rings is 1. The van der Waals surface area contributed by atoms with Crippen LogP contribution >= 0.6 is 27.5 Å². The number of carbonyl (C=O) groups is 2. The number of anilines is 2. The number of hydrogen-bond donors (Lipinski definition) is 3. The van der Waals surface area contributed by atoms with Gasteiger partial charge in [-0.2, -0.15) is 5.10 Å². The zero-order chi connectivity index (χ0) is 19.4. The first-order valence-corrected chi connectivity index (χ1v) is 8.78. The lowest BCUT2D eigenvalue weighted by atomic mass is 10.2. The van der Waals surface area contributed by atoms with Gasteiger partial charge in [0.1, 0.15) is 5.82 Å². The van der Waals surface area contributed by atoms with Gasteiger partial charge in [0.15, 0.2) is 5.69 Å². The van der Waals surface area contributed by atoms with E-state index in [9.17, 15) is 9.59 Å². The van der Waals surface area contributed by atoms with Crippen LogP contribution < -0.4 is 15.4 Å². The largest absolute Gasteiger partial charge is 0.481 e. The highest BCUT2D eigenvalue weighted by molar-refractivity contribution is 9.10. The van der Waals surface area contributed by atoms with Crippen molar-refractivity contribution in [3.63, 3.8) is 0 Å². The minimum atomic E-state index is -0.483. The van der Waals surface area contributed by atoms with Crippen molar-refractivity contribution < 1.29 is 14.3 Å². The summed E-state index contributed by atoms with van der Waals surface area (Å²) in [5.74, 6) is -0.254. The van der Waals surface area contributed by atoms with Crippen LogP contribution in [0.25, 0.3) is 0 Å². The number of hydrogen-bond acceptors (Lipinski definition) is 5. The molecule has 2 heterocycles. The number of ether oxygens (including phenoxy) is 1. The number of carbonyl (C=O) groups excluding carboxylic acids is 2. The van der Waals surface area contributed by atoms with Gasteiger partial charge < -0.3 is 15.4 Å². The standard InChI is InChI=1S/C17H13BrClN5O3/c1-27-12-7-6-9(8-20-12)21-17(26)14-13(18)15(24-23-14)22-16(25)10-4-2-3-5-11(10)19/h2-8H,1H3,(H,21,26)(H2,22,23,24,25). The number of rotatable bonds is 5. The monoisotopic (exact) mass is 449 g/mol. The summed E-state index contributed by atoms with van der Waals surface area (Å²) >= 11 is 9.29. The van der Waals surface area contributed by atoms with Crippen LogP contribution in [0.1, 0.15) is 20.8 Å². The molecule has 0 saturated carbocycles. The van der Waals surface area contributed by atoms with Crippen LogP contribution in [0.3, 0.4) is 0 Å². The van der Waals surface area contributed by atoms with E-state index in [-0.39, 0.29) is 11.5 Å². The summed E-state index contributed by atoms with van der Waals surface area (Å²) < 4.78 is 5.27. The molecule has 0 saturated heterocycles. The Hall–Kier alpha value is -2.91. The number of halogens is 2. The normalized spacial score (nSPS) is 10.3. The minimum absolute atomic E-state index is 0.0697. The van der Waals surface area contributed by atoms with Crippen molar-refractivity contribution >= 4 is 50.9 Å². The molecule has 3 aromatic rings. The molecule has 10 heteroatoms. The van der Waals surface area contributed by atoms with E-state index in [0.717, 1.165) is 0 Å². The van der Waals surface area contributed by atoms with Gasteiger partial charge in [-0.15, -0.1) is 0 Å². The highest BCUT2D eigenvalue weighted by Crippen LogP contribution is 2.26. The zero-order valence-electron chi connectivity index (χ0n) is 13.9. The molecule has 2 amide bonds. The number of H-pyrrole nitrogens is 1. The van der Waals surface area contributed by atoms with Crippen molar-refractivity contribution in [1.82, 2.24) is 15.2 Å². The first kappa shape index (κ1) is 18.9. The van der Waals surface area contributed by atoms with E-state index in [4.69, 9.17) is 16.3 Å². The van der Waals surface area contributed by atoms with Gasteiger partial charge in [-0.3, -0.25) is 14.7 Å². The van der Waals surface area contributed by atoms with Crippen LogP contribution in [0.15, 0.2) is 47.1 Å². The number of aromatic amines is 1. The topological polar surface area (TPSA) is 109 Å². The molecule has 0 bridgehead atoms. The molecule has 3 N–H and O–H groups in total. The fraction of sp³-hybridized carbons (Fsp3) is 0.0588. The Balaban J connectivity index is 1.73. The summed E-state index contributed by atoms with van der Waals surface area (Å²) in [4.78, 5) is 28.7. The van der Waals surface area contributed by atoms with Gasteiger partial charge >= 0.3 is 0 Å². The average Bonchev–Trinajstić information content (AvgIpc) is 3.03. The first-order valence-electron chi connectivity index (χ1n) is 7.60. The Morgan fingerprint density at radius 2 is 1.93 bits per heavy atom. The quantitative estimate of drug-likeness (QED) is 0.549. The molecule has 0 aliphatic carbocycles. The van der Waals surface area contributed by atoms with Gasteiger partial charge in [-0.05, 0) is 34.1 Å². The van der Waals surface area contributed by atoms with Crippen molar-refractivity contribution in [3.8, 4) is 5.88 Å². The lowest BCUT2D eigenvalue weighted by molar-refractivity contribution is 0.101. The minimum Gasteiger partial charge on any atom is -0.481 e. The Morgan fingerprint density at radius 1 is 1.15 bits per heavy atom. The van der Waals surface area contributed by atoms with E-state index < -0.39 is 11.8 Å². The SMILES string of the molecule is COc1ccc(NC(=O)c2n[nH]c(NC(=O)c3ccccc3Cl)c2Br)cn1. The van der Waals surface area contributed by atoms with E-state index in [1.807, 2.05) is 0 Å². The van der Waals surface area contributed by atoms with Crippen LogP contribution in [0.2, 0.25) is 5.02 Å². The fourth-order valence-electron chi connectivity index (χ4n) is 2.15. The van der Waals surface area contributed by atoms with Crippen LogP contribution in [0.4, 0.5) is 11.5 Å². The van der Waals surface area contributed by atoms with Crippen LogP contribution in [0, 0.1) is 0 Å². The highest BCUT2D eigenvalue weighted by Gasteiger charge is 2.20. The molecule has 0 atom stereocenters. The summed E-state index contributed by atoms with van der Waals surface area (Å²) in [5, 5.41) is 12.1. The van der Waals surface area contributed by atoms with Crippen LogP contribution in [0.5, 0.6) is 5.88 Å². The maximum Gasteiger partial charge on any atom is 0.277 e. The van der Waals surface area contributed by atoms with Gasteiger partial charge in [-0.1, -0.05) is 23.7 Å². The van der Waals surface area contributed by atoms with E-state index in [2.05, 4.69) is 41.7 Å². The van der Waals surface area contributed by atoms with Crippen molar-refractivity contribution in [3.05, 3.63) is 63.3 Å². The first-order chi connectivity index (χ1) is 13.0. The third-order valence-corrected chi connectivity index (χ3v) is 4.58. The maximum absolute atomic E-state index is 12.4. The second-order valence-electron chi connectivity index (χ2n) is 5.24. The van der Waals surface area contributed by atoms with Gasteiger partial charge in [0.2, 0.25) is 5.88 Å². The molecule has 0 radical (unpaired) electrons. The average molecular weight is 451 g/mol. The van der Waals surface area contributed by atoms with Gasteiger partial charge in [0, 0.05) is 6.07 Å². The number of nitrogens with zero attached hydrogens (tertiary/aromatic N) is 2. The molecule has 8 nitrogen and oxygen atoms in total. The predicted molar refractivity (Wildman–Crippen MR) is 104 cm³/mol. The zero-order valence-corrected chi connectivity index (χ0v) is 16.3. The summed E-state index contributed by atoms with van der Waals surface area (Å²) in [7, 11) is 1.50. The number of amides is 2. The highest BCUT2D eigenvalue weighted by atomic mass is 79.9. The lowest BCUT2D eigenvalue weighted by Gasteiger charge is -2.06. The molecule has 27 heavy (non-hydrogen) atoms. The summed E-state index contributed by atoms with van der Waals surface area (Å²) in [6, 6.07) is 9.88. The van der Waals surface area contributed by atoms with Gasteiger partial charge in [0.05, 0.1) is 34.1 Å². The molecule has 1 aromatic carbocycles. The van der Waals surface area contributed by atoms with E-state index in [1.54, 1.807) is 36.4 Å². The molecule has 2 aromatic heterocycles. The Labute approximate surface area is 167 Å². The second-order valence-corrected chi connectivity index (χ2v) is 6.44. The molecule has 0 aliphatic heterocycles. The number of methoxy groups -OCH3 is 1. The van der Waals surface area contributed by atoms with Crippen molar-refractivity contribution in [2.75, 3.05) is 17.7 Å². The van der Waals surface area contributed by atoms with E-state index in [1.165, 1.54) is 13.3 Å².